The van der Waals surface area contributed by atoms with Crippen molar-refractivity contribution in [3.63, 3.8) is 0 Å². The van der Waals surface area contributed by atoms with E-state index < -0.39 is 0 Å². The number of ketones is 1. The van der Waals surface area contributed by atoms with Gasteiger partial charge in [0.05, 0.1) is 6.42 Å². The van der Waals surface area contributed by atoms with Crippen LogP contribution in [-0.4, -0.2) is 10.8 Å². The van der Waals surface area contributed by atoms with Crippen molar-refractivity contribution in [3.8, 4) is 0 Å². The minimum absolute atomic E-state index is 0.301. The van der Waals surface area contributed by atoms with E-state index in [1.54, 1.807) is 11.3 Å². The molecule has 1 aromatic heterocycles. The Morgan fingerprint density at radius 2 is 2.00 bits per heavy atom. The minimum atomic E-state index is 0.301. The number of aromatic nitrogens is 1. The molecule has 0 spiro atoms. The van der Waals surface area contributed by atoms with Gasteiger partial charge in [-0.15, -0.1) is 11.3 Å². The van der Waals surface area contributed by atoms with Crippen LogP contribution in [0, 0.1) is 6.92 Å². The molecule has 2 aromatic rings. The van der Waals surface area contributed by atoms with Crippen molar-refractivity contribution in [2.45, 2.75) is 39.0 Å². The number of thiazole rings is 1. The summed E-state index contributed by atoms with van der Waals surface area (Å²) in [6.07, 6.45) is 6.05. The van der Waals surface area contributed by atoms with Gasteiger partial charge in [0.1, 0.15) is 10.8 Å². The second-order valence-corrected chi connectivity index (χ2v) is 7.15. The second-order valence-electron chi connectivity index (χ2n) is 4.91. The highest BCUT2D eigenvalue weighted by molar-refractivity contribution is 9.10. The largest absolute Gasteiger partial charge is 0.299 e. The highest BCUT2D eigenvalue weighted by Gasteiger charge is 2.06. The number of carbonyl (C=O) groups excluding carboxylic acids is 1. The topological polar surface area (TPSA) is 30.0 Å². The van der Waals surface area contributed by atoms with E-state index >= 15 is 0 Å². The van der Waals surface area contributed by atoms with Gasteiger partial charge in [0.15, 0.2) is 0 Å². The van der Waals surface area contributed by atoms with Gasteiger partial charge in [-0.3, -0.25) is 4.79 Å². The van der Waals surface area contributed by atoms with Gasteiger partial charge in [0, 0.05) is 22.0 Å². The van der Waals surface area contributed by atoms with Crippen LogP contribution < -0.4 is 0 Å². The summed E-state index contributed by atoms with van der Waals surface area (Å²) in [7, 11) is 0. The van der Waals surface area contributed by atoms with Crippen molar-refractivity contribution in [3.05, 3.63) is 50.4 Å². The fourth-order valence-electron chi connectivity index (χ4n) is 2.04. The molecule has 2 rings (SSSR count). The molecule has 106 valence electrons. The first-order chi connectivity index (χ1) is 9.63. The number of carbonyl (C=O) groups is 1. The van der Waals surface area contributed by atoms with E-state index in [2.05, 4.69) is 45.2 Å². The number of rotatable bonds is 7. The third kappa shape index (κ3) is 5.17. The quantitative estimate of drug-likeness (QED) is 0.674. The van der Waals surface area contributed by atoms with Crippen LogP contribution in [0.1, 0.15) is 34.7 Å². The lowest BCUT2D eigenvalue weighted by Gasteiger charge is -2.02. The number of halogens is 1. The van der Waals surface area contributed by atoms with Gasteiger partial charge >= 0.3 is 0 Å². The van der Waals surface area contributed by atoms with Gasteiger partial charge in [-0.25, -0.2) is 4.98 Å². The van der Waals surface area contributed by atoms with Gasteiger partial charge in [-0.05, 0) is 43.9 Å². The molecule has 0 aliphatic rings. The zero-order chi connectivity index (χ0) is 14.4. The summed E-state index contributed by atoms with van der Waals surface area (Å²) in [6.45, 7) is 2.02. The van der Waals surface area contributed by atoms with Crippen LogP contribution in [0.4, 0.5) is 0 Å². The second kappa shape index (κ2) is 7.70. The summed E-state index contributed by atoms with van der Waals surface area (Å²) in [6, 6.07) is 8.38. The maximum Gasteiger partial charge on any atom is 0.139 e. The Hall–Kier alpha value is -1.000. The van der Waals surface area contributed by atoms with Crippen molar-refractivity contribution >= 4 is 33.0 Å². The molecule has 0 unspecified atom stereocenters. The van der Waals surface area contributed by atoms with Crippen LogP contribution >= 0.6 is 27.3 Å². The molecule has 0 aliphatic heterocycles. The molecule has 0 atom stereocenters. The molecule has 0 bridgehead atoms. The van der Waals surface area contributed by atoms with Crippen LogP contribution in [0.2, 0.25) is 0 Å². The maximum atomic E-state index is 11.8. The number of aryl methyl sites for hydroxylation is 2. The zero-order valence-corrected chi connectivity index (χ0v) is 14.0. The molecule has 0 fully saturated rings. The van der Waals surface area contributed by atoms with E-state index in [0.717, 1.165) is 28.7 Å². The predicted octanol–water partition coefficient (Wildman–Crippen LogP) is 4.74. The summed E-state index contributed by atoms with van der Waals surface area (Å²) < 4.78 is 1.11. The lowest BCUT2D eigenvalue weighted by molar-refractivity contribution is -0.118. The highest BCUT2D eigenvalue weighted by Crippen LogP contribution is 2.15. The standard InChI is InChI=1S/C16H18BrNOS/c1-12-11-18-16(20-12)10-15(19)5-3-2-4-13-6-8-14(17)9-7-13/h6-9,11H,2-5,10H2,1H3. The summed E-state index contributed by atoms with van der Waals surface area (Å²) in [5.74, 6) is 0.301. The van der Waals surface area contributed by atoms with Crippen molar-refractivity contribution in [2.75, 3.05) is 0 Å². The maximum absolute atomic E-state index is 11.8. The molecule has 4 heteroatoms. The van der Waals surface area contributed by atoms with Gasteiger partial charge in [0.2, 0.25) is 0 Å². The zero-order valence-electron chi connectivity index (χ0n) is 11.6. The lowest BCUT2D eigenvalue weighted by atomic mass is 10.1. The van der Waals surface area contributed by atoms with E-state index in [-0.39, 0.29) is 0 Å². The summed E-state index contributed by atoms with van der Waals surface area (Å²) in [5.41, 5.74) is 1.33. The van der Waals surface area contributed by atoms with E-state index in [4.69, 9.17) is 0 Å². The van der Waals surface area contributed by atoms with Crippen molar-refractivity contribution in [1.82, 2.24) is 4.98 Å². The van der Waals surface area contributed by atoms with E-state index in [0.29, 0.717) is 18.6 Å². The van der Waals surface area contributed by atoms with Crippen LogP contribution in [0.15, 0.2) is 34.9 Å². The number of hydrogen-bond acceptors (Lipinski definition) is 3. The fourth-order valence-corrected chi connectivity index (χ4v) is 3.12. The number of hydrogen-bond donors (Lipinski definition) is 0. The Balaban J connectivity index is 1.65. The third-order valence-electron chi connectivity index (χ3n) is 3.10. The molecule has 20 heavy (non-hydrogen) atoms. The Labute approximate surface area is 132 Å². The minimum Gasteiger partial charge on any atom is -0.299 e. The molecule has 0 amide bonds. The summed E-state index contributed by atoms with van der Waals surface area (Å²) in [5, 5.41) is 0.945. The van der Waals surface area contributed by atoms with E-state index in [9.17, 15) is 4.79 Å². The Kier molecular flexibility index (Phi) is 5.92. The van der Waals surface area contributed by atoms with Crippen molar-refractivity contribution in [2.24, 2.45) is 0 Å². The normalized spacial score (nSPS) is 10.7. The first-order valence-corrected chi connectivity index (χ1v) is 8.42. The molecule has 1 heterocycles. The summed E-state index contributed by atoms with van der Waals surface area (Å²) in [4.78, 5) is 17.2. The number of Topliss-reactive ketones (excluding diaryl/α,β-unsaturated/α-hetero) is 1. The van der Waals surface area contributed by atoms with Crippen molar-refractivity contribution < 1.29 is 4.79 Å². The molecule has 0 saturated carbocycles. The lowest BCUT2D eigenvalue weighted by Crippen LogP contribution is -2.02. The average Bonchev–Trinajstić information content (AvgIpc) is 2.82. The van der Waals surface area contributed by atoms with Gasteiger partial charge in [-0.1, -0.05) is 28.1 Å². The van der Waals surface area contributed by atoms with Crippen molar-refractivity contribution in [1.29, 1.82) is 0 Å². The summed E-state index contributed by atoms with van der Waals surface area (Å²) >= 11 is 5.05. The predicted molar refractivity (Wildman–Crippen MR) is 87.3 cm³/mol. The molecular weight excluding hydrogens is 334 g/mol. The third-order valence-corrected chi connectivity index (χ3v) is 4.54. The van der Waals surface area contributed by atoms with Crippen LogP contribution in [0.3, 0.4) is 0 Å². The van der Waals surface area contributed by atoms with E-state index in [1.165, 1.54) is 10.4 Å². The van der Waals surface area contributed by atoms with E-state index in [1.807, 2.05) is 13.1 Å². The Morgan fingerprint density at radius 1 is 1.25 bits per heavy atom. The highest BCUT2D eigenvalue weighted by atomic mass is 79.9. The molecule has 1 aromatic carbocycles. The van der Waals surface area contributed by atoms with Crippen LogP contribution in [0.5, 0.6) is 0 Å². The Morgan fingerprint density at radius 3 is 2.65 bits per heavy atom. The van der Waals surface area contributed by atoms with Gasteiger partial charge in [0.25, 0.3) is 0 Å². The molecule has 2 nitrogen and oxygen atoms in total. The van der Waals surface area contributed by atoms with Gasteiger partial charge < -0.3 is 0 Å². The number of unbranched alkanes of at least 4 members (excludes halogenated alkanes) is 1. The molecular formula is C16H18BrNOS. The molecule has 0 aliphatic carbocycles. The van der Waals surface area contributed by atoms with Crippen LogP contribution in [-0.2, 0) is 17.6 Å². The average molecular weight is 352 g/mol. The van der Waals surface area contributed by atoms with Gasteiger partial charge in [-0.2, -0.15) is 0 Å². The monoisotopic (exact) mass is 351 g/mol. The molecule has 0 radical (unpaired) electrons. The first kappa shape index (κ1) is 15.4. The smallest absolute Gasteiger partial charge is 0.139 e. The molecule has 0 saturated heterocycles. The van der Waals surface area contributed by atoms with Crippen LogP contribution in [0.25, 0.3) is 0 Å². The fraction of sp³-hybridized carbons (Fsp3) is 0.375. The number of benzene rings is 1. The first-order valence-electron chi connectivity index (χ1n) is 6.81. The molecule has 0 N–H and O–H groups in total. The Bertz CT molecular complexity index is 562. The SMILES string of the molecule is Cc1cnc(CC(=O)CCCCc2ccc(Br)cc2)s1. The number of nitrogens with zero attached hydrogens (tertiary/aromatic N) is 1.